The molecule has 2 atom stereocenters. The van der Waals surface area contributed by atoms with Crippen molar-refractivity contribution in [2.75, 3.05) is 0 Å². The number of ketones is 1. The Labute approximate surface area is 82.2 Å². The molecular formula is C10H11ClO2. The second-order valence-corrected chi connectivity index (χ2v) is 3.34. The van der Waals surface area contributed by atoms with Crippen LogP contribution in [0.5, 0.6) is 0 Å². The zero-order chi connectivity index (χ0) is 9.84. The Morgan fingerprint density at radius 3 is 2.38 bits per heavy atom. The van der Waals surface area contributed by atoms with E-state index in [1.807, 2.05) is 18.2 Å². The number of hydrogen-bond donors (Lipinski definition) is 1. The van der Waals surface area contributed by atoms with Gasteiger partial charge in [0.25, 0.3) is 0 Å². The third-order valence-corrected chi connectivity index (χ3v) is 2.30. The van der Waals surface area contributed by atoms with E-state index in [1.165, 1.54) is 6.92 Å². The first-order valence-electron chi connectivity index (χ1n) is 4.00. The molecule has 0 bridgehead atoms. The van der Waals surface area contributed by atoms with Crippen molar-refractivity contribution in [1.82, 2.24) is 0 Å². The quantitative estimate of drug-likeness (QED) is 0.754. The average molecular weight is 199 g/mol. The van der Waals surface area contributed by atoms with Gasteiger partial charge >= 0.3 is 0 Å². The van der Waals surface area contributed by atoms with Crippen LogP contribution in [-0.2, 0) is 4.79 Å². The van der Waals surface area contributed by atoms with Gasteiger partial charge in [0.05, 0.1) is 5.38 Å². The van der Waals surface area contributed by atoms with Gasteiger partial charge in [-0.1, -0.05) is 30.3 Å². The van der Waals surface area contributed by atoms with E-state index in [2.05, 4.69) is 0 Å². The van der Waals surface area contributed by atoms with Crippen molar-refractivity contribution < 1.29 is 9.90 Å². The number of rotatable bonds is 3. The smallest absolute Gasteiger partial charge is 0.160 e. The number of carbonyl (C=O) groups is 1. The lowest BCUT2D eigenvalue weighted by Crippen LogP contribution is -2.22. The zero-order valence-electron chi connectivity index (χ0n) is 7.27. The summed E-state index contributed by atoms with van der Waals surface area (Å²) in [5.74, 6) is -0.316. The predicted molar refractivity (Wildman–Crippen MR) is 51.7 cm³/mol. The molecule has 0 radical (unpaired) electrons. The number of aliphatic hydroxyl groups excluding tert-OH is 1. The lowest BCUT2D eigenvalue weighted by atomic mass is 10.1. The van der Waals surface area contributed by atoms with Gasteiger partial charge in [0.2, 0.25) is 0 Å². The fraction of sp³-hybridized carbons (Fsp3) is 0.300. The molecule has 0 unspecified atom stereocenters. The molecule has 0 amide bonds. The number of hydrogen-bond acceptors (Lipinski definition) is 2. The van der Waals surface area contributed by atoms with Gasteiger partial charge in [0.1, 0.15) is 6.10 Å². The Hall–Kier alpha value is -0.860. The lowest BCUT2D eigenvalue weighted by molar-refractivity contribution is -0.125. The summed E-state index contributed by atoms with van der Waals surface area (Å²) < 4.78 is 0. The van der Waals surface area contributed by atoms with Gasteiger partial charge in [0, 0.05) is 0 Å². The standard InChI is InChI=1S/C10H11ClO2/c1-7(12)10(13)9(11)8-5-3-2-4-6-8/h2-6,9-10,13H,1H3/t9-,10-/m0/s1. The molecule has 1 aromatic rings. The molecule has 0 spiro atoms. The topological polar surface area (TPSA) is 37.3 Å². The first-order chi connectivity index (χ1) is 6.13. The van der Waals surface area contributed by atoms with Gasteiger partial charge in [-0.25, -0.2) is 0 Å². The van der Waals surface area contributed by atoms with Crippen molar-refractivity contribution in [2.24, 2.45) is 0 Å². The number of halogens is 1. The molecular weight excluding hydrogens is 188 g/mol. The monoisotopic (exact) mass is 198 g/mol. The molecule has 1 rings (SSSR count). The normalized spacial score (nSPS) is 15.0. The minimum Gasteiger partial charge on any atom is -0.383 e. The lowest BCUT2D eigenvalue weighted by Gasteiger charge is -2.13. The van der Waals surface area contributed by atoms with Crippen LogP contribution in [-0.4, -0.2) is 17.0 Å². The van der Waals surface area contributed by atoms with Gasteiger partial charge in [-0.3, -0.25) is 4.79 Å². The van der Waals surface area contributed by atoms with Crippen LogP contribution in [0.2, 0.25) is 0 Å². The highest BCUT2D eigenvalue weighted by Gasteiger charge is 2.21. The average Bonchev–Trinajstić information content (AvgIpc) is 2.17. The fourth-order valence-electron chi connectivity index (χ4n) is 1.03. The molecule has 0 aliphatic rings. The molecule has 3 heteroatoms. The number of alkyl halides is 1. The molecule has 0 aromatic heterocycles. The Balaban J connectivity index is 2.79. The van der Waals surface area contributed by atoms with Crippen LogP contribution in [0.25, 0.3) is 0 Å². The number of Topliss-reactive ketones (excluding diaryl/α,β-unsaturated/α-hetero) is 1. The van der Waals surface area contributed by atoms with Crippen molar-refractivity contribution in [3.63, 3.8) is 0 Å². The third kappa shape index (κ3) is 2.54. The number of carbonyl (C=O) groups excluding carboxylic acids is 1. The van der Waals surface area contributed by atoms with Crippen molar-refractivity contribution in [3.05, 3.63) is 35.9 Å². The maximum atomic E-state index is 10.8. The summed E-state index contributed by atoms with van der Waals surface area (Å²) in [6, 6.07) is 9.05. The minimum atomic E-state index is -1.12. The molecule has 2 nitrogen and oxygen atoms in total. The molecule has 1 N–H and O–H groups in total. The van der Waals surface area contributed by atoms with Crippen LogP contribution in [0, 0.1) is 0 Å². The van der Waals surface area contributed by atoms with E-state index < -0.39 is 11.5 Å². The summed E-state index contributed by atoms with van der Waals surface area (Å²) in [7, 11) is 0. The van der Waals surface area contributed by atoms with Crippen LogP contribution in [0.1, 0.15) is 17.9 Å². The molecule has 0 saturated carbocycles. The SMILES string of the molecule is CC(=O)[C@H](O)[C@@H](Cl)c1ccccc1. The molecule has 1 aromatic carbocycles. The van der Waals surface area contributed by atoms with Crippen LogP contribution in [0.15, 0.2) is 30.3 Å². The Kier molecular flexibility index (Phi) is 3.46. The molecule has 0 saturated heterocycles. The van der Waals surface area contributed by atoms with E-state index in [9.17, 15) is 9.90 Å². The summed E-state index contributed by atoms with van der Waals surface area (Å²) in [6.45, 7) is 1.32. The van der Waals surface area contributed by atoms with E-state index in [0.29, 0.717) is 0 Å². The van der Waals surface area contributed by atoms with Crippen molar-refractivity contribution in [3.8, 4) is 0 Å². The van der Waals surface area contributed by atoms with Gasteiger partial charge in [-0.05, 0) is 12.5 Å². The Bertz CT molecular complexity index is 284. The van der Waals surface area contributed by atoms with Crippen LogP contribution < -0.4 is 0 Å². The summed E-state index contributed by atoms with van der Waals surface area (Å²) in [5, 5.41) is 8.71. The number of benzene rings is 1. The first kappa shape index (κ1) is 10.2. The summed E-state index contributed by atoms with van der Waals surface area (Å²) in [6.07, 6.45) is -1.12. The Morgan fingerprint density at radius 2 is 1.92 bits per heavy atom. The summed E-state index contributed by atoms with van der Waals surface area (Å²) in [4.78, 5) is 10.8. The van der Waals surface area contributed by atoms with Gasteiger partial charge < -0.3 is 5.11 Å². The van der Waals surface area contributed by atoms with E-state index in [1.54, 1.807) is 12.1 Å². The number of aliphatic hydroxyl groups is 1. The van der Waals surface area contributed by atoms with E-state index in [0.717, 1.165) is 5.56 Å². The van der Waals surface area contributed by atoms with Gasteiger partial charge in [0.15, 0.2) is 5.78 Å². The largest absolute Gasteiger partial charge is 0.383 e. The van der Waals surface area contributed by atoms with Gasteiger partial charge in [-0.2, -0.15) is 0 Å². The van der Waals surface area contributed by atoms with Crippen LogP contribution >= 0.6 is 11.6 Å². The molecule has 0 aliphatic heterocycles. The molecule has 0 fully saturated rings. The van der Waals surface area contributed by atoms with E-state index in [4.69, 9.17) is 11.6 Å². The highest BCUT2D eigenvalue weighted by atomic mass is 35.5. The second kappa shape index (κ2) is 4.40. The molecule has 13 heavy (non-hydrogen) atoms. The van der Waals surface area contributed by atoms with Crippen LogP contribution in [0.3, 0.4) is 0 Å². The highest BCUT2D eigenvalue weighted by Crippen LogP contribution is 2.24. The fourth-order valence-corrected chi connectivity index (χ4v) is 1.35. The second-order valence-electron chi connectivity index (χ2n) is 2.87. The van der Waals surface area contributed by atoms with E-state index >= 15 is 0 Å². The summed E-state index contributed by atoms with van der Waals surface area (Å²) in [5.41, 5.74) is 0.756. The molecule has 70 valence electrons. The zero-order valence-corrected chi connectivity index (χ0v) is 8.03. The maximum Gasteiger partial charge on any atom is 0.160 e. The predicted octanol–water partition coefficient (Wildman–Crippen LogP) is 1.92. The Morgan fingerprint density at radius 1 is 1.38 bits per heavy atom. The third-order valence-electron chi connectivity index (χ3n) is 1.81. The van der Waals surface area contributed by atoms with Gasteiger partial charge in [-0.15, -0.1) is 11.6 Å². The maximum absolute atomic E-state index is 10.8. The minimum absolute atomic E-state index is 0.316. The van der Waals surface area contributed by atoms with Crippen molar-refractivity contribution in [1.29, 1.82) is 0 Å². The summed E-state index contributed by atoms with van der Waals surface area (Å²) >= 11 is 5.88. The van der Waals surface area contributed by atoms with Crippen molar-refractivity contribution >= 4 is 17.4 Å². The van der Waals surface area contributed by atoms with Crippen molar-refractivity contribution in [2.45, 2.75) is 18.4 Å². The van der Waals surface area contributed by atoms with Crippen LogP contribution in [0.4, 0.5) is 0 Å². The first-order valence-corrected chi connectivity index (χ1v) is 4.44. The molecule has 0 aliphatic carbocycles. The van der Waals surface area contributed by atoms with E-state index in [-0.39, 0.29) is 5.78 Å². The highest BCUT2D eigenvalue weighted by molar-refractivity contribution is 6.22. The molecule has 0 heterocycles.